The number of pyridine rings is 1. The van der Waals surface area contributed by atoms with Crippen molar-refractivity contribution in [1.82, 2.24) is 9.88 Å². The number of carbonyl (C=O) groups is 2. The summed E-state index contributed by atoms with van der Waals surface area (Å²) in [4.78, 5) is 36.9. The van der Waals surface area contributed by atoms with Gasteiger partial charge in [-0.15, -0.1) is 0 Å². The van der Waals surface area contributed by atoms with Crippen molar-refractivity contribution >= 4 is 17.7 Å². The Kier molecular flexibility index (Phi) is 7.71. The predicted molar refractivity (Wildman–Crippen MR) is 126 cm³/mol. The molecule has 8 nitrogen and oxygen atoms in total. The minimum absolute atomic E-state index is 0.000147. The first-order valence-electron chi connectivity index (χ1n) is 10.8. The van der Waals surface area contributed by atoms with Crippen molar-refractivity contribution in [1.29, 1.82) is 0 Å². The number of carbonyl (C=O) groups excluding carboxylic acids is 2. The quantitative estimate of drug-likeness (QED) is 0.373. The van der Waals surface area contributed by atoms with Gasteiger partial charge in [-0.25, -0.2) is 18.0 Å². The normalized spacial score (nSPS) is 11.2. The zero-order valence-corrected chi connectivity index (χ0v) is 19.7. The molecule has 1 heterocycles. The van der Waals surface area contributed by atoms with E-state index in [1.54, 1.807) is 20.8 Å². The van der Waals surface area contributed by atoms with Gasteiger partial charge >= 0.3 is 6.09 Å². The van der Waals surface area contributed by atoms with Crippen LogP contribution >= 0.6 is 0 Å². The van der Waals surface area contributed by atoms with E-state index >= 15 is 0 Å². The molecule has 2 aromatic carbocycles. The molecule has 0 saturated carbocycles. The number of ketones is 1. The molecule has 1 aromatic heterocycles. The van der Waals surface area contributed by atoms with E-state index in [0.29, 0.717) is 4.57 Å². The molecule has 0 saturated heterocycles. The fourth-order valence-corrected chi connectivity index (χ4v) is 3.21. The Hall–Kier alpha value is -4.28. The first kappa shape index (κ1) is 26.3. The van der Waals surface area contributed by atoms with Gasteiger partial charge in [0.15, 0.2) is 17.4 Å². The van der Waals surface area contributed by atoms with Crippen LogP contribution in [0.5, 0.6) is 5.75 Å². The highest BCUT2D eigenvalue weighted by Gasteiger charge is 2.22. The number of nitrogen functional groups attached to an aromatic ring is 1. The Morgan fingerprint density at radius 3 is 2.19 bits per heavy atom. The lowest BCUT2D eigenvalue weighted by Gasteiger charge is -2.19. The lowest BCUT2D eigenvalue weighted by atomic mass is 10.0. The van der Waals surface area contributed by atoms with Crippen LogP contribution in [0.4, 0.5) is 23.8 Å². The van der Waals surface area contributed by atoms with Crippen molar-refractivity contribution in [3.8, 4) is 11.4 Å². The fraction of sp³-hybridized carbons (Fsp3) is 0.240. The Labute approximate surface area is 204 Å². The van der Waals surface area contributed by atoms with Crippen molar-refractivity contribution in [2.75, 3.05) is 18.9 Å². The summed E-state index contributed by atoms with van der Waals surface area (Å²) in [6, 6.07) is 8.33. The Morgan fingerprint density at radius 1 is 1.00 bits per heavy atom. The molecule has 190 valence electrons. The van der Waals surface area contributed by atoms with Crippen LogP contribution in [-0.2, 0) is 4.74 Å². The summed E-state index contributed by atoms with van der Waals surface area (Å²) in [5.41, 5.74) is 3.48. The fourth-order valence-electron chi connectivity index (χ4n) is 3.21. The molecular formula is C25H24F3N3O5. The second-order valence-corrected chi connectivity index (χ2v) is 8.65. The number of hydrogen-bond acceptors (Lipinski definition) is 6. The summed E-state index contributed by atoms with van der Waals surface area (Å²) >= 11 is 0. The standard InChI is InChI=1S/C25H24F3N3O5/c1-25(2,3)36-24(34)30-10-11-35-16-12-18(27)21(19(28)13-16)31-20(32)9-8-17(23(31)29)22(33)14-4-6-15(26)7-5-14/h4-9,12-13H,10-11,29H2,1-3H3,(H,30,34). The number of ether oxygens (including phenoxy) is 2. The highest BCUT2D eigenvalue weighted by Crippen LogP contribution is 2.26. The Morgan fingerprint density at radius 2 is 1.61 bits per heavy atom. The van der Waals surface area contributed by atoms with Crippen molar-refractivity contribution in [3.05, 3.63) is 87.5 Å². The summed E-state index contributed by atoms with van der Waals surface area (Å²) < 4.78 is 53.9. The number of rotatable bonds is 7. The molecule has 3 rings (SSSR count). The minimum Gasteiger partial charge on any atom is -0.492 e. The molecule has 0 fully saturated rings. The zero-order chi connectivity index (χ0) is 26.6. The van der Waals surface area contributed by atoms with Gasteiger partial charge in [-0.05, 0) is 51.1 Å². The third-order valence-electron chi connectivity index (χ3n) is 4.73. The van der Waals surface area contributed by atoms with Gasteiger partial charge in [0.1, 0.15) is 35.3 Å². The first-order valence-corrected chi connectivity index (χ1v) is 10.8. The molecule has 0 spiro atoms. The average molecular weight is 503 g/mol. The van der Waals surface area contributed by atoms with E-state index < -0.39 is 52.0 Å². The van der Waals surface area contributed by atoms with Gasteiger partial charge < -0.3 is 20.5 Å². The molecule has 36 heavy (non-hydrogen) atoms. The molecule has 0 aliphatic heterocycles. The van der Waals surface area contributed by atoms with Crippen LogP contribution in [0.1, 0.15) is 36.7 Å². The lowest BCUT2D eigenvalue weighted by Crippen LogP contribution is -2.34. The van der Waals surface area contributed by atoms with E-state index in [1.807, 2.05) is 0 Å². The molecule has 0 atom stereocenters. The predicted octanol–water partition coefficient (Wildman–Crippen LogP) is 3.97. The van der Waals surface area contributed by atoms with Gasteiger partial charge in [-0.1, -0.05) is 0 Å². The van der Waals surface area contributed by atoms with Crippen LogP contribution in [0, 0.1) is 17.5 Å². The number of nitrogens with two attached hydrogens (primary N) is 1. The summed E-state index contributed by atoms with van der Waals surface area (Å²) in [5.74, 6) is -4.28. The number of nitrogens with zero attached hydrogens (tertiary/aromatic N) is 1. The molecule has 0 bridgehead atoms. The van der Waals surface area contributed by atoms with Crippen LogP contribution in [0.2, 0.25) is 0 Å². The van der Waals surface area contributed by atoms with Crippen LogP contribution in [0.15, 0.2) is 53.3 Å². The van der Waals surface area contributed by atoms with E-state index in [9.17, 15) is 27.6 Å². The minimum atomic E-state index is -1.18. The first-order chi connectivity index (χ1) is 16.9. The monoisotopic (exact) mass is 503 g/mol. The van der Waals surface area contributed by atoms with Gasteiger partial charge in [-0.2, -0.15) is 0 Å². The SMILES string of the molecule is CC(C)(C)OC(=O)NCCOc1cc(F)c(-n2c(N)c(C(=O)c3ccc(F)cc3)ccc2=O)c(F)c1. The van der Waals surface area contributed by atoms with Crippen molar-refractivity contribution in [2.24, 2.45) is 0 Å². The van der Waals surface area contributed by atoms with Gasteiger partial charge in [-0.3, -0.25) is 14.2 Å². The molecule has 3 aromatic rings. The van der Waals surface area contributed by atoms with Gasteiger partial charge in [0.05, 0.1) is 12.1 Å². The van der Waals surface area contributed by atoms with E-state index in [1.165, 1.54) is 12.1 Å². The van der Waals surface area contributed by atoms with Crippen molar-refractivity contribution in [2.45, 2.75) is 26.4 Å². The van der Waals surface area contributed by atoms with E-state index in [-0.39, 0.29) is 30.0 Å². The third kappa shape index (κ3) is 6.23. The highest BCUT2D eigenvalue weighted by molar-refractivity contribution is 6.11. The number of benzene rings is 2. The largest absolute Gasteiger partial charge is 0.492 e. The summed E-state index contributed by atoms with van der Waals surface area (Å²) in [7, 11) is 0. The van der Waals surface area contributed by atoms with Crippen molar-refractivity contribution < 1.29 is 32.2 Å². The smallest absolute Gasteiger partial charge is 0.407 e. The maximum atomic E-state index is 14.9. The van der Waals surface area contributed by atoms with E-state index in [2.05, 4.69) is 5.32 Å². The molecule has 0 aliphatic rings. The lowest BCUT2D eigenvalue weighted by molar-refractivity contribution is 0.0520. The number of halogens is 3. The van der Waals surface area contributed by atoms with Crippen molar-refractivity contribution in [3.63, 3.8) is 0 Å². The number of alkyl carbamates (subject to hydrolysis) is 1. The number of hydrogen-bond donors (Lipinski definition) is 2. The van der Waals surface area contributed by atoms with Gasteiger partial charge in [0.2, 0.25) is 0 Å². The number of anilines is 1. The molecular weight excluding hydrogens is 479 g/mol. The molecule has 3 N–H and O–H groups in total. The third-order valence-corrected chi connectivity index (χ3v) is 4.73. The summed E-state index contributed by atoms with van der Waals surface area (Å²) in [5, 5.41) is 2.44. The number of amides is 1. The topological polar surface area (TPSA) is 113 Å². The number of aromatic nitrogens is 1. The van der Waals surface area contributed by atoms with Crippen LogP contribution in [0.25, 0.3) is 5.69 Å². The summed E-state index contributed by atoms with van der Waals surface area (Å²) in [6.45, 7) is 4.97. The average Bonchev–Trinajstić information content (AvgIpc) is 2.77. The zero-order valence-electron chi connectivity index (χ0n) is 19.7. The molecule has 0 unspecified atom stereocenters. The van der Waals surface area contributed by atoms with Crippen LogP contribution in [0.3, 0.4) is 0 Å². The maximum absolute atomic E-state index is 14.9. The molecule has 0 aliphatic carbocycles. The van der Waals surface area contributed by atoms with E-state index in [0.717, 1.165) is 36.4 Å². The van der Waals surface area contributed by atoms with Crippen LogP contribution in [-0.4, -0.2) is 35.2 Å². The van der Waals surface area contributed by atoms with Crippen LogP contribution < -0.4 is 21.3 Å². The molecule has 1 amide bonds. The molecule has 0 radical (unpaired) electrons. The number of nitrogens with one attached hydrogen (secondary N) is 1. The Bertz CT molecular complexity index is 1330. The van der Waals surface area contributed by atoms with Gasteiger partial charge in [0.25, 0.3) is 5.56 Å². The second-order valence-electron chi connectivity index (χ2n) is 8.65. The Balaban J connectivity index is 1.82. The molecule has 11 heteroatoms. The van der Waals surface area contributed by atoms with Gasteiger partial charge in [0, 0.05) is 23.8 Å². The summed E-state index contributed by atoms with van der Waals surface area (Å²) in [6.07, 6.45) is -0.677. The second kappa shape index (κ2) is 10.5. The van der Waals surface area contributed by atoms with E-state index in [4.69, 9.17) is 15.2 Å². The maximum Gasteiger partial charge on any atom is 0.407 e. The highest BCUT2D eigenvalue weighted by atomic mass is 19.1.